The Kier molecular flexibility index (Phi) is 4.91. The topological polar surface area (TPSA) is 64.2 Å². The Bertz CT molecular complexity index is 1010. The third-order valence-electron chi connectivity index (χ3n) is 5.59. The summed E-state index contributed by atoms with van der Waals surface area (Å²) in [4.78, 5) is 15.2. The number of hydrogen-bond acceptors (Lipinski definition) is 5. The molecule has 1 aromatic carbocycles. The van der Waals surface area contributed by atoms with Gasteiger partial charge in [0.25, 0.3) is 0 Å². The zero-order valence-electron chi connectivity index (χ0n) is 16.5. The maximum absolute atomic E-state index is 13.3. The van der Waals surface area contributed by atoms with Crippen LogP contribution in [0.5, 0.6) is 0 Å². The van der Waals surface area contributed by atoms with E-state index in [1.807, 2.05) is 42.2 Å². The van der Waals surface area contributed by atoms with E-state index in [0.717, 1.165) is 54.7 Å². The van der Waals surface area contributed by atoms with Crippen LogP contribution in [0.15, 0.2) is 52.2 Å². The van der Waals surface area contributed by atoms with E-state index in [1.54, 1.807) is 6.26 Å². The molecule has 6 nitrogen and oxygen atoms in total. The molecule has 1 amide bonds. The first-order valence-corrected chi connectivity index (χ1v) is 11.1. The standard InChI is InChI=1S/C22H24N4O2S/c1-15(21(27)25-12-4-7-16-6-2-3-9-19(16)25)29-22-24-23-20(17-10-11-17)26(22)14-18-8-5-13-28-18/h2-3,5-6,8-9,13,15,17H,4,7,10-12,14H2,1H3/t15-/m1/s1. The monoisotopic (exact) mass is 408 g/mol. The van der Waals surface area contributed by atoms with Gasteiger partial charge in [0, 0.05) is 18.2 Å². The minimum Gasteiger partial charge on any atom is -0.467 e. The molecule has 1 aliphatic heterocycles. The molecule has 1 saturated carbocycles. The van der Waals surface area contributed by atoms with Crippen molar-refractivity contribution in [3.63, 3.8) is 0 Å². The van der Waals surface area contributed by atoms with Crippen LogP contribution >= 0.6 is 11.8 Å². The molecule has 3 aromatic rings. The number of nitrogens with zero attached hydrogens (tertiary/aromatic N) is 4. The third kappa shape index (κ3) is 3.71. The molecule has 0 saturated heterocycles. The van der Waals surface area contributed by atoms with E-state index in [0.29, 0.717) is 12.5 Å². The summed E-state index contributed by atoms with van der Waals surface area (Å²) >= 11 is 1.49. The minimum atomic E-state index is -0.243. The van der Waals surface area contributed by atoms with Gasteiger partial charge in [-0.1, -0.05) is 30.0 Å². The Morgan fingerprint density at radius 3 is 2.90 bits per heavy atom. The SMILES string of the molecule is C[C@@H](Sc1nnc(C2CC2)n1Cc1ccco1)C(=O)N1CCCc2ccccc21. The van der Waals surface area contributed by atoms with Crippen molar-refractivity contribution in [2.24, 2.45) is 0 Å². The molecule has 0 unspecified atom stereocenters. The molecule has 1 atom stereocenters. The van der Waals surface area contributed by atoms with Crippen molar-refractivity contribution in [2.75, 3.05) is 11.4 Å². The van der Waals surface area contributed by atoms with E-state index in [2.05, 4.69) is 20.8 Å². The predicted octanol–water partition coefficient (Wildman–Crippen LogP) is 4.26. The highest BCUT2D eigenvalue weighted by molar-refractivity contribution is 8.00. The molecular weight excluding hydrogens is 384 g/mol. The minimum absolute atomic E-state index is 0.127. The molecule has 7 heteroatoms. The molecule has 150 valence electrons. The summed E-state index contributed by atoms with van der Waals surface area (Å²) in [6, 6.07) is 12.1. The van der Waals surface area contributed by atoms with Gasteiger partial charge in [-0.3, -0.25) is 9.36 Å². The Morgan fingerprint density at radius 1 is 1.24 bits per heavy atom. The molecular formula is C22H24N4O2S. The molecule has 2 aromatic heterocycles. The van der Waals surface area contributed by atoms with Gasteiger partial charge in [-0.15, -0.1) is 10.2 Å². The molecule has 0 bridgehead atoms. The van der Waals surface area contributed by atoms with Gasteiger partial charge < -0.3 is 9.32 Å². The number of aryl methyl sites for hydroxylation is 1. The van der Waals surface area contributed by atoms with Gasteiger partial charge >= 0.3 is 0 Å². The third-order valence-corrected chi connectivity index (χ3v) is 6.66. The van der Waals surface area contributed by atoms with E-state index in [1.165, 1.54) is 17.3 Å². The fraction of sp³-hybridized carbons (Fsp3) is 0.409. The zero-order valence-corrected chi connectivity index (χ0v) is 17.3. The maximum Gasteiger partial charge on any atom is 0.240 e. The van der Waals surface area contributed by atoms with Gasteiger partial charge in [-0.05, 0) is 56.4 Å². The first kappa shape index (κ1) is 18.5. The number of amides is 1. The normalized spacial score (nSPS) is 17.2. The molecule has 5 rings (SSSR count). The van der Waals surface area contributed by atoms with Gasteiger partial charge in [-0.2, -0.15) is 0 Å². The van der Waals surface area contributed by atoms with Crippen LogP contribution in [0.25, 0.3) is 0 Å². The number of aromatic nitrogens is 3. The zero-order chi connectivity index (χ0) is 19.8. The largest absolute Gasteiger partial charge is 0.467 e. The Labute approximate surface area is 174 Å². The first-order valence-electron chi connectivity index (χ1n) is 10.2. The number of benzene rings is 1. The summed E-state index contributed by atoms with van der Waals surface area (Å²) in [5.74, 6) is 2.49. The maximum atomic E-state index is 13.3. The van der Waals surface area contributed by atoms with Crippen molar-refractivity contribution in [3.8, 4) is 0 Å². The molecule has 0 radical (unpaired) electrons. The highest BCUT2D eigenvalue weighted by atomic mass is 32.2. The number of fused-ring (bicyclic) bond motifs is 1. The van der Waals surface area contributed by atoms with Crippen molar-refractivity contribution in [2.45, 2.75) is 55.5 Å². The van der Waals surface area contributed by atoms with Crippen molar-refractivity contribution >= 4 is 23.4 Å². The van der Waals surface area contributed by atoms with E-state index in [9.17, 15) is 4.79 Å². The number of carbonyl (C=O) groups is 1. The fourth-order valence-electron chi connectivity index (χ4n) is 3.93. The number of thioether (sulfide) groups is 1. The van der Waals surface area contributed by atoms with Crippen molar-refractivity contribution in [3.05, 3.63) is 59.8 Å². The Balaban J connectivity index is 1.37. The molecule has 2 aliphatic rings. The van der Waals surface area contributed by atoms with Crippen molar-refractivity contribution < 1.29 is 9.21 Å². The number of para-hydroxylation sites is 1. The summed E-state index contributed by atoms with van der Waals surface area (Å²) in [5, 5.41) is 9.42. The number of furan rings is 1. The lowest BCUT2D eigenvalue weighted by Gasteiger charge is -2.31. The van der Waals surface area contributed by atoms with Crippen LogP contribution in [-0.4, -0.2) is 32.5 Å². The van der Waals surface area contributed by atoms with Crippen LogP contribution in [0.2, 0.25) is 0 Å². The summed E-state index contributed by atoms with van der Waals surface area (Å²) in [6.07, 6.45) is 6.02. The molecule has 3 heterocycles. The van der Waals surface area contributed by atoms with Crippen LogP contribution in [0.3, 0.4) is 0 Å². The second-order valence-electron chi connectivity index (χ2n) is 7.76. The lowest BCUT2D eigenvalue weighted by Crippen LogP contribution is -2.40. The summed E-state index contributed by atoms with van der Waals surface area (Å²) < 4.78 is 7.66. The molecule has 0 spiro atoms. The quantitative estimate of drug-likeness (QED) is 0.570. The van der Waals surface area contributed by atoms with Crippen LogP contribution in [0.4, 0.5) is 5.69 Å². The van der Waals surface area contributed by atoms with Gasteiger partial charge in [0.15, 0.2) is 5.16 Å². The predicted molar refractivity (Wildman–Crippen MR) is 112 cm³/mol. The number of rotatable bonds is 6. The highest BCUT2D eigenvalue weighted by Crippen LogP contribution is 2.41. The van der Waals surface area contributed by atoms with Crippen molar-refractivity contribution in [1.82, 2.24) is 14.8 Å². The van der Waals surface area contributed by atoms with Gasteiger partial charge in [-0.25, -0.2) is 0 Å². The molecule has 1 aliphatic carbocycles. The van der Waals surface area contributed by atoms with Crippen molar-refractivity contribution in [1.29, 1.82) is 0 Å². The summed E-state index contributed by atoms with van der Waals surface area (Å²) in [7, 11) is 0. The van der Waals surface area contributed by atoms with Crippen LogP contribution < -0.4 is 4.90 Å². The van der Waals surface area contributed by atoms with Gasteiger partial charge in [0.1, 0.15) is 11.6 Å². The Hall–Kier alpha value is -2.54. The van der Waals surface area contributed by atoms with Crippen LogP contribution in [-0.2, 0) is 17.8 Å². The second kappa shape index (κ2) is 7.71. The second-order valence-corrected chi connectivity index (χ2v) is 9.07. The average Bonchev–Trinajstić information content (AvgIpc) is 3.32. The lowest BCUT2D eigenvalue weighted by molar-refractivity contribution is -0.117. The average molecular weight is 409 g/mol. The van der Waals surface area contributed by atoms with E-state index >= 15 is 0 Å². The number of hydrogen-bond donors (Lipinski definition) is 0. The van der Waals surface area contributed by atoms with Gasteiger partial charge in [0.2, 0.25) is 5.91 Å². The number of carbonyl (C=O) groups excluding carboxylic acids is 1. The van der Waals surface area contributed by atoms with Crippen LogP contribution in [0.1, 0.15) is 49.3 Å². The Morgan fingerprint density at radius 2 is 2.10 bits per heavy atom. The first-order chi connectivity index (χ1) is 14.2. The van der Waals surface area contributed by atoms with E-state index < -0.39 is 0 Å². The number of anilines is 1. The molecule has 0 N–H and O–H groups in total. The van der Waals surface area contributed by atoms with E-state index in [4.69, 9.17) is 4.42 Å². The molecule has 29 heavy (non-hydrogen) atoms. The lowest BCUT2D eigenvalue weighted by atomic mass is 10.0. The molecule has 1 fully saturated rings. The highest BCUT2D eigenvalue weighted by Gasteiger charge is 2.33. The smallest absolute Gasteiger partial charge is 0.240 e. The van der Waals surface area contributed by atoms with Crippen LogP contribution in [0, 0.1) is 0 Å². The van der Waals surface area contributed by atoms with E-state index in [-0.39, 0.29) is 11.2 Å². The summed E-state index contributed by atoms with van der Waals surface area (Å²) in [5.41, 5.74) is 2.30. The van der Waals surface area contributed by atoms with Gasteiger partial charge in [0.05, 0.1) is 18.1 Å². The summed E-state index contributed by atoms with van der Waals surface area (Å²) in [6.45, 7) is 3.34. The fourth-order valence-corrected chi connectivity index (χ4v) is 4.85.